The zero-order valence-corrected chi connectivity index (χ0v) is 21.5. The van der Waals surface area contributed by atoms with Crippen LogP contribution in [0.5, 0.6) is 5.88 Å². The standard InChI is InChI=1S/C26H27F3N8O3/c1-15-5-8-37(35-15)19-11-16(31-2)3-4-17(19)22(26(27,28)29)40-21-12-20(33-24(30)34-21)36-9-6-25(7-10-36)13-18(23(38)39)32-14-25/h3-5,8,11-12,18,22,32H,6-7,9-10,13-14H2,1H3,(H,38,39)(H2,30,33,34)/t18-,22+/m0/s1. The zero-order valence-electron chi connectivity index (χ0n) is 21.5. The van der Waals surface area contributed by atoms with Gasteiger partial charge in [0.2, 0.25) is 17.9 Å². The number of nitrogens with one attached hydrogen (secondary N) is 1. The SMILES string of the molecule is [C-]#[N+]c1ccc([C@@H](Oc2cc(N3CCC4(CC3)CN[C@H](C(=O)O)C4)nc(N)n2)C(F)(F)F)c(-n2ccc(C)n2)c1. The van der Waals surface area contributed by atoms with Crippen LogP contribution in [0, 0.1) is 18.9 Å². The summed E-state index contributed by atoms with van der Waals surface area (Å²) in [5, 5.41) is 16.6. The van der Waals surface area contributed by atoms with Crippen molar-refractivity contribution >= 4 is 23.4 Å². The Bertz CT molecular complexity index is 1460. The molecular weight excluding hydrogens is 529 g/mol. The van der Waals surface area contributed by atoms with E-state index in [9.17, 15) is 23.1 Å². The number of benzene rings is 1. The maximum absolute atomic E-state index is 14.4. The van der Waals surface area contributed by atoms with Gasteiger partial charge < -0.3 is 25.8 Å². The number of rotatable bonds is 6. The third-order valence-electron chi connectivity index (χ3n) is 7.44. The predicted octanol–water partition coefficient (Wildman–Crippen LogP) is 3.82. The molecule has 2 aliphatic heterocycles. The van der Waals surface area contributed by atoms with E-state index < -0.39 is 24.3 Å². The van der Waals surface area contributed by atoms with Gasteiger partial charge in [0.25, 0.3) is 0 Å². The van der Waals surface area contributed by atoms with Gasteiger partial charge >= 0.3 is 12.1 Å². The van der Waals surface area contributed by atoms with Crippen LogP contribution in [0.2, 0.25) is 0 Å². The summed E-state index contributed by atoms with van der Waals surface area (Å²) in [5.41, 5.74) is 6.28. The highest BCUT2D eigenvalue weighted by atomic mass is 19.4. The molecule has 1 aromatic carbocycles. The highest BCUT2D eigenvalue weighted by Gasteiger charge is 2.46. The lowest BCUT2D eigenvalue weighted by atomic mass is 9.76. The Kier molecular flexibility index (Phi) is 7.01. The summed E-state index contributed by atoms with van der Waals surface area (Å²) in [6, 6.07) is 6.20. The molecule has 11 nitrogen and oxygen atoms in total. The number of halogens is 3. The van der Waals surface area contributed by atoms with E-state index in [0.29, 0.717) is 50.4 Å². The number of anilines is 2. The van der Waals surface area contributed by atoms with Gasteiger partial charge in [-0.25, -0.2) is 9.53 Å². The molecule has 2 fully saturated rings. The van der Waals surface area contributed by atoms with E-state index in [1.807, 2.05) is 4.90 Å². The minimum absolute atomic E-state index is 0.0531. The van der Waals surface area contributed by atoms with E-state index in [-0.39, 0.29) is 34.2 Å². The average molecular weight is 557 g/mol. The Balaban J connectivity index is 1.41. The average Bonchev–Trinajstić information content (AvgIpc) is 3.53. The van der Waals surface area contributed by atoms with Gasteiger partial charge in [0, 0.05) is 37.5 Å². The topological polar surface area (TPSA) is 136 Å². The maximum Gasteiger partial charge on any atom is 0.429 e. The maximum atomic E-state index is 14.4. The van der Waals surface area contributed by atoms with Gasteiger partial charge in [-0.05, 0) is 43.7 Å². The zero-order chi connectivity index (χ0) is 28.7. The van der Waals surface area contributed by atoms with Crippen LogP contribution in [0.4, 0.5) is 30.6 Å². The van der Waals surface area contributed by atoms with Gasteiger partial charge in [-0.2, -0.15) is 28.2 Å². The van der Waals surface area contributed by atoms with Crippen LogP contribution in [0.3, 0.4) is 0 Å². The summed E-state index contributed by atoms with van der Waals surface area (Å²) in [6.07, 6.45) is -3.86. The Morgan fingerprint density at radius 3 is 2.62 bits per heavy atom. The van der Waals surface area contributed by atoms with Gasteiger partial charge in [-0.1, -0.05) is 12.1 Å². The second kappa shape index (κ2) is 10.3. The lowest BCUT2D eigenvalue weighted by Gasteiger charge is -2.39. The van der Waals surface area contributed by atoms with E-state index >= 15 is 0 Å². The van der Waals surface area contributed by atoms with E-state index in [1.165, 1.54) is 35.1 Å². The minimum Gasteiger partial charge on any atom is -0.480 e. The second-order valence-corrected chi connectivity index (χ2v) is 10.2. The third kappa shape index (κ3) is 5.50. The van der Waals surface area contributed by atoms with Crippen LogP contribution in [-0.2, 0) is 4.79 Å². The lowest BCUT2D eigenvalue weighted by Crippen LogP contribution is -2.41. The number of aromatic nitrogens is 4. The number of aryl methyl sites for hydroxylation is 1. The monoisotopic (exact) mass is 556 g/mol. The Labute approximate surface area is 227 Å². The lowest BCUT2D eigenvalue weighted by molar-refractivity contribution is -0.198. The van der Waals surface area contributed by atoms with Crippen molar-refractivity contribution in [1.29, 1.82) is 0 Å². The van der Waals surface area contributed by atoms with Crippen LogP contribution in [0.25, 0.3) is 10.5 Å². The molecule has 2 saturated heterocycles. The molecule has 1 spiro atoms. The summed E-state index contributed by atoms with van der Waals surface area (Å²) >= 11 is 0. The molecule has 40 heavy (non-hydrogen) atoms. The molecule has 0 amide bonds. The molecule has 0 aliphatic carbocycles. The fourth-order valence-corrected chi connectivity index (χ4v) is 5.33. The molecule has 0 radical (unpaired) electrons. The van der Waals surface area contributed by atoms with Crippen molar-refractivity contribution < 1.29 is 27.8 Å². The van der Waals surface area contributed by atoms with Crippen molar-refractivity contribution in [1.82, 2.24) is 25.1 Å². The number of alkyl halides is 3. The number of carbonyl (C=O) groups is 1. The van der Waals surface area contributed by atoms with Crippen molar-refractivity contribution in [3.63, 3.8) is 0 Å². The number of hydrogen-bond donors (Lipinski definition) is 3. The van der Waals surface area contributed by atoms with Crippen molar-refractivity contribution in [3.05, 3.63) is 59.2 Å². The normalized spacial score (nSPS) is 19.4. The van der Waals surface area contributed by atoms with Gasteiger partial charge in [-0.3, -0.25) is 4.79 Å². The molecule has 4 N–H and O–H groups in total. The van der Waals surface area contributed by atoms with Crippen LogP contribution in [-0.4, -0.2) is 62.7 Å². The highest BCUT2D eigenvalue weighted by Crippen LogP contribution is 2.42. The summed E-state index contributed by atoms with van der Waals surface area (Å²) in [6.45, 7) is 10.6. The first-order valence-electron chi connectivity index (χ1n) is 12.6. The summed E-state index contributed by atoms with van der Waals surface area (Å²) in [4.78, 5) is 24.7. The number of ether oxygens (including phenoxy) is 1. The largest absolute Gasteiger partial charge is 0.480 e. The number of aliphatic carboxylic acids is 1. The smallest absolute Gasteiger partial charge is 0.429 e. The molecule has 0 saturated carbocycles. The number of nitrogens with zero attached hydrogens (tertiary/aromatic N) is 6. The first kappa shape index (κ1) is 27.2. The first-order valence-corrected chi connectivity index (χ1v) is 12.6. The predicted molar refractivity (Wildman–Crippen MR) is 138 cm³/mol. The molecule has 5 rings (SSSR count). The number of carboxylic acids is 1. The Morgan fingerprint density at radius 1 is 1.27 bits per heavy atom. The summed E-state index contributed by atoms with van der Waals surface area (Å²) in [5.74, 6) is -1.15. The number of piperidine rings is 1. The van der Waals surface area contributed by atoms with E-state index in [0.717, 1.165) is 0 Å². The van der Waals surface area contributed by atoms with Gasteiger partial charge in [0.15, 0.2) is 5.69 Å². The minimum atomic E-state index is -4.84. The molecule has 0 unspecified atom stereocenters. The second-order valence-electron chi connectivity index (χ2n) is 10.2. The fraction of sp³-hybridized carbons (Fsp3) is 0.423. The van der Waals surface area contributed by atoms with Crippen LogP contribution < -0.4 is 20.7 Å². The molecule has 4 heterocycles. The number of hydrogen-bond acceptors (Lipinski definition) is 8. The molecule has 3 aromatic rings. The molecule has 2 aliphatic rings. The van der Waals surface area contributed by atoms with Gasteiger partial charge in [0.1, 0.15) is 11.9 Å². The molecule has 210 valence electrons. The van der Waals surface area contributed by atoms with Gasteiger partial charge in [0.05, 0.1) is 18.0 Å². The molecule has 2 atom stereocenters. The first-order chi connectivity index (χ1) is 19.0. The number of nitrogens with two attached hydrogens (primary N) is 1. The van der Waals surface area contributed by atoms with Crippen LogP contribution >= 0.6 is 0 Å². The van der Waals surface area contributed by atoms with Crippen molar-refractivity contribution in [3.8, 4) is 11.6 Å². The van der Waals surface area contributed by atoms with E-state index in [1.54, 1.807) is 13.0 Å². The van der Waals surface area contributed by atoms with Crippen molar-refractivity contribution in [2.24, 2.45) is 5.41 Å². The Hall–Kier alpha value is -4.38. The Morgan fingerprint density at radius 2 is 2.02 bits per heavy atom. The van der Waals surface area contributed by atoms with E-state index in [4.69, 9.17) is 17.0 Å². The van der Waals surface area contributed by atoms with Crippen molar-refractivity contribution in [2.75, 3.05) is 30.3 Å². The number of carboxylic acid groups (broad SMARTS) is 1. The fourth-order valence-electron chi connectivity index (χ4n) is 5.33. The highest BCUT2D eigenvalue weighted by molar-refractivity contribution is 5.74. The molecule has 14 heteroatoms. The summed E-state index contributed by atoms with van der Waals surface area (Å²) in [7, 11) is 0. The quantitative estimate of drug-likeness (QED) is 0.387. The molecular formula is C26H27F3N8O3. The van der Waals surface area contributed by atoms with E-state index in [2.05, 4.69) is 25.2 Å². The molecule has 0 bridgehead atoms. The van der Waals surface area contributed by atoms with Gasteiger partial charge in [-0.15, -0.1) is 0 Å². The molecule has 2 aromatic heterocycles. The summed E-state index contributed by atoms with van der Waals surface area (Å²) < 4.78 is 50.1. The van der Waals surface area contributed by atoms with Crippen molar-refractivity contribution in [2.45, 2.75) is 44.5 Å². The van der Waals surface area contributed by atoms with Crippen LogP contribution in [0.1, 0.15) is 36.6 Å². The van der Waals surface area contributed by atoms with Crippen LogP contribution in [0.15, 0.2) is 36.5 Å². The third-order valence-corrected chi connectivity index (χ3v) is 7.44. The number of nitrogen functional groups attached to an aromatic ring is 1.